The third kappa shape index (κ3) is 5.37. The number of rotatable bonds is 9. The smallest absolute Gasteiger partial charge is 0.217 e. The van der Waals surface area contributed by atoms with Crippen molar-refractivity contribution >= 4 is 16.8 Å². The summed E-state index contributed by atoms with van der Waals surface area (Å²) in [6.07, 6.45) is 5.30. The molecule has 2 heterocycles. The zero-order valence-corrected chi connectivity index (χ0v) is 15.5. The lowest BCUT2D eigenvalue weighted by molar-refractivity contribution is -0.118. The van der Waals surface area contributed by atoms with Crippen LogP contribution in [0.5, 0.6) is 0 Å². The maximum atomic E-state index is 14.0. The van der Waals surface area contributed by atoms with Crippen LogP contribution in [0.4, 0.5) is 4.39 Å². The van der Waals surface area contributed by atoms with Gasteiger partial charge in [0.05, 0.1) is 0 Å². The number of amides is 1. The number of para-hydroxylation sites is 1. The number of H-pyrrole nitrogens is 1. The zero-order valence-electron chi connectivity index (χ0n) is 15.5. The van der Waals surface area contributed by atoms with Gasteiger partial charge in [0.15, 0.2) is 0 Å². The first-order chi connectivity index (χ1) is 13.1. The number of halogens is 1. The van der Waals surface area contributed by atoms with Gasteiger partial charge in [-0.1, -0.05) is 24.3 Å². The van der Waals surface area contributed by atoms with Gasteiger partial charge in [0.25, 0.3) is 0 Å². The predicted molar refractivity (Wildman–Crippen MR) is 105 cm³/mol. The van der Waals surface area contributed by atoms with Gasteiger partial charge in [-0.2, -0.15) is 4.39 Å². The highest BCUT2D eigenvalue weighted by Gasteiger charge is 2.13. The average Bonchev–Trinajstić information content (AvgIpc) is 3.06. The Balaban J connectivity index is 1.68. The monoisotopic (exact) mass is 368 g/mol. The molecule has 0 saturated carbocycles. The number of carbonyl (C=O) groups excluding carboxylic acids is 1. The molecule has 3 aromatic rings. The van der Waals surface area contributed by atoms with E-state index in [1.807, 2.05) is 18.3 Å². The molecule has 3 rings (SSSR count). The molecule has 0 spiro atoms. The van der Waals surface area contributed by atoms with Crippen molar-refractivity contribution in [2.75, 3.05) is 13.1 Å². The summed E-state index contributed by atoms with van der Waals surface area (Å²) in [6, 6.07) is 11.7. The van der Waals surface area contributed by atoms with Gasteiger partial charge in [-0.3, -0.25) is 9.69 Å². The number of aromatic amines is 1. The molecule has 0 aliphatic rings. The molecule has 0 aliphatic carbocycles. The number of fused-ring (bicyclic) bond motifs is 1. The van der Waals surface area contributed by atoms with Crippen LogP contribution in [-0.4, -0.2) is 33.9 Å². The van der Waals surface area contributed by atoms with E-state index in [4.69, 9.17) is 0 Å². The number of pyridine rings is 1. The van der Waals surface area contributed by atoms with E-state index in [9.17, 15) is 9.18 Å². The number of nitrogens with one attached hydrogen (secondary N) is 2. The summed E-state index contributed by atoms with van der Waals surface area (Å²) < 4.78 is 14.0. The second kappa shape index (κ2) is 9.28. The van der Waals surface area contributed by atoms with Crippen molar-refractivity contribution in [3.8, 4) is 0 Å². The summed E-state index contributed by atoms with van der Waals surface area (Å²) in [5.41, 5.74) is 2.89. The zero-order chi connectivity index (χ0) is 19.1. The number of hydrogen-bond acceptors (Lipinski definition) is 3. The van der Waals surface area contributed by atoms with Gasteiger partial charge in [-0.25, -0.2) is 4.98 Å². The van der Waals surface area contributed by atoms with Gasteiger partial charge in [0.2, 0.25) is 11.9 Å². The van der Waals surface area contributed by atoms with E-state index in [2.05, 4.69) is 32.3 Å². The Labute approximate surface area is 158 Å². The second-order valence-electron chi connectivity index (χ2n) is 6.71. The van der Waals surface area contributed by atoms with Crippen LogP contribution in [-0.2, 0) is 17.9 Å². The lowest BCUT2D eigenvalue weighted by Crippen LogP contribution is -2.26. The van der Waals surface area contributed by atoms with Crippen LogP contribution >= 0.6 is 0 Å². The molecular weight excluding hydrogens is 343 g/mol. The molecule has 0 unspecified atom stereocenters. The minimum absolute atomic E-state index is 0.0110. The largest absolute Gasteiger partial charge is 0.361 e. The van der Waals surface area contributed by atoms with Gasteiger partial charge in [-0.15, -0.1) is 0 Å². The molecule has 0 fully saturated rings. The summed E-state index contributed by atoms with van der Waals surface area (Å²) in [7, 11) is 0. The van der Waals surface area contributed by atoms with Crippen molar-refractivity contribution < 1.29 is 9.18 Å². The van der Waals surface area contributed by atoms with E-state index in [1.54, 1.807) is 12.1 Å². The van der Waals surface area contributed by atoms with Crippen molar-refractivity contribution in [1.29, 1.82) is 0 Å². The van der Waals surface area contributed by atoms with Gasteiger partial charge in [-0.05, 0) is 37.1 Å². The third-order valence-corrected chi connectivity index (χ3v) is 4.57. The second-order valence-corrected chi connectivity index (χ2v) is 6.71. The number of unbranched alkanes of at least 4 members (excludes halogenated alkanes) is 1. The molecule has 0 aliphatic heterocycles. The molecule has 142 valence electrons. The fourth-order valence-electron chi connectivity index (χ4n) is 3.22. The Morgan fingerprint density at radius 3 is 2.78 bits per heavy atom. The Kier molecular flexibility index (Phi) is 6.54. The summed E-state index contributed by atoms with van der Waals surface area (Å²) in [5.74, 6) is -0.428. The molecule has 5 nitrogen and oxygen atoms in total. The SMILES string of the molecule is CC(=O)NCCCCN(Cc1cccnc1F)Cc1c[nH]c2ccccc12. The highest BCUT2D eigenvalue weighted by molar-refractivity contribution is 5.82. The maximum Gasteiger partial charge on any atom is 0.217 e. The normalized spacial score (nSPS) is 11.2. The van der Waals surface area contributed by atoms with E-state index in [0.717, 1.165) is 31.4 Å². The Bertz CT molecular complexity index is 893. The molecule has 0 atom stereocenters. The van der Waals surface area contributed by atoms with Gasteiger partial charge < -0.3 is 10.3 Å². The van der Waals surface area contributed by atoms with Crippen LogP contribution in [0.25, 0.3) is 10.9 Å². The van der Waals surface area contributed by atoms with Gasteiger partial charge >= 0.3 is 0 Å². The lowest BCUT2D eigenvalue weighted by Gasteiger charge is -2.22. The molecule has 0 radical (unpaired) electrons. The number of benzene rings is 1. The Morgan fingerprint density at radius 2 is 1.96 bits per heavy atom. The molecule has 6 heteroatoms. The molecule has 1 aromatic carbocycles. The molecule has 1 amide bonds. The van der Waals surface area contributed by atoms with Crippen molar-refractivity contribution in [2.24, 2.45) is 0 Å². The molecule has 2 N–H and O–H groups in total. The first-order valence-corrected chi connectivity index (χ1v) is 9.24. The Morgan fingerprint density at radius 1 is 1.15 bits per heavy atom. The summed E-state index contributed by atoms with van der Waals surface area (Å²) in [4.78, 5) is 20.3. The molecule has 27 heavy (non-hydrogen) atoms. The molecular formula is C21H25FN4O. The minimum Gasteiger partial charge on any atom is -0.361 e. The lowest BCUT2D eigenvalue weighted by atomic mass is 10.1. The van der Waals surface area contributed by atoms with E-state index >= 15 is 0 Å². The number of nitrogens with zero attached hydrogens (tertiary/aromatic N) is 2. The number of aromatic nitrogens is 2. The van der Waals surface area contributed by atoms with Gasteiger partial charge in [0, 0.05) is 55.4 Å². The summed E-state index contributed by atoms with van der Waals surface area (Å²) in [6.45, 7) is 4.22. The quantitative estimate of drug-likeness (QED) is 0.448. The standard InChI is InChI=1S/C21H25FN4O/c1-16(27)23-10-4-5-12-26(14-17-7-6-11-24-21(17)22)15-18-13-25-20-9-3-2-8-19(18)20/h2-3,6-9,11,13,25H,4-5,10,12,14-15H2,1H3,(H,23,27). The minimum atomic E-state index is -0.417. The van der Waals surface area contributed by atoms with Crippen molar-refractivity contribution in [1.82, 2.24) is 20.2 Å². The van der Waals surface area contributed by atoms with Crippen LogP contribution < -0.4 is 5.32 Å². The van der Waals surface area contributed by atoms with Crippen LogP contribution in [0.15, 0.2) is 48.8 Å². The average molecular weight is 368 g/mol. The fraction of sp³-hybridized carbons (Fsp3) is 0.333. The molecule has 2 aromatic heterocycles. The van der Waals surface area contributed by atoms with Crippen molar-refractivity contribution in [2.45, 2.75) is 32.9 Å². The van der Waals surface area contributed by atoms with Crippen LogP contribution in [0.3, 0.4) is 0 Å². The van der Waals surface area contributed by atoms with E-state index in [-0.39, 0.29) is 5.91 Å². The van der Waals surface area contributed by atoms with Gasteiger partial charge in [0.1, 0.15) is 0 Å². The number of hydrogen-bond donors (Lipinski definition) is 2. The van der Waals surface area contributed by atoms with Crippen LogP contribution in [0.1, 0.15) is 30.9 Å². The van der Waals surface area contributed by atoms with Crippen molar-refractivity contribution in [3.05, 3.63) is 65.9 Å². The highest BCUT2D eigenvalue weighted by Crippen LogP contribution is 2.21. The maximum absolute atomic E-state index is 14.0. The van der Waals surface area contributed by atoms with E-state index in [0.29, 0.717) is 18.7 Å². The topological polar surface area (TPSA) is 61.0 Å². The van der Waals surface area contributed by atoms with E-state index in [1.165, 1.54) is 24.1 Å². The molecule has 0 bridgehead atoms. The van der Waals surface area contributed by atoms with Crippen LogP contribution in [0.2, 0.25) is 0 Å². The number of carbonyl (C=O) groups is 1. The fourth-order valence-corrected chi connectivity index (χ4v) is 3.22. The van der Waals surface area contributed by atoms with Crippen molar-refractivity contribution in [3.63, 3.8) is 0 Å². The summed E-state index contributed by atoms with van der Waals surface area (Å²) in [5, 5.41) is 4.00. The highest BCUT2D eigenvalue weighted by atomic mass is 19.1. The van der Waals surface area contributed by atoms with E-state index < -0.39 is 5.95 Å². The summed E-state index contributed by atoms with van der Waals surface area (Å²) >= 11 is 0. The van der Waals surface area contributed by atoms with Crippen LogP contribution in [0, 0.1) is 5.95 Å². The first-order valence-electron chi connectivity index (χ1n) is 9.24. The third-order valence-electron chi connectivity index (χ3n) is 4.57. The predicted octanol–water partition coefficient (Wildman–Crippen LogP) is 3.62. The Hall–Kier alpha value is -2.73. The first kappa shape index (κ1) is 19.0. The molecule has 0 saturated heterocycles.